The van der Waals surface area contributed by atoms with Crippen LogP contribution >= 0.6 is 11.3 Å². The van der Waals surface area contributed by atoms with Crippen LogP contribution in [0.3, 0.4) is 0 Å². The molecule has 1 aliphatic rings. The minimum atomic E-state index is -0.724. The van der Waals surface area contributed by atoms with E-state index >= 15 is 0 Å². The molecular weight excluding hydrogens is 452 g/mol. The van der Waals surface area contributed by atoms with Crippen molar-refractivity contribution in [1.29, 1.82) is 0 Å². The lowest BCUT2D eigenvalue weighted by molar-refractivity contribution is 0.0971. The van der Waals surface area contributed by atoms with E-state index in [9.17, 15) is 9.59 Å². The molecule has 0 aliphatic carbocycles. The van der Waals surface area contributed by atoms with Gasteiger partial charge in [0, 0.05) is 11.6 Å². The molecule has 0 bridgehead atoms. The average Bonchev–Trinajstić information content (AvgIpc) is 3.46. The van der Waals surface area contributed by atoms with E-state index in [4.69, 9.17) is 13.9 Å². The normalized spacial score (nSPS) is 15.0. The number of rotatable bonds is 6. The third-order valence-corrected chi connectivity index (χ3v) is 6.74. The molecule has 0 saturated heterocycles. The number of methoxy groups -OCH3 is 1. The maximum Gasteiger partial charge on any atom is 0.297 e. The van der Waals surface area contributed by atoms with E-state index in [1.54, 1.807) is 43.0 Å². The van der Waals surface area contributed by atoms with Crippen molar-refractivity contribution in [1.82, 2.24) is 4.98 Å². The summed E-state index contributed by atoms with van der Waals surface area (Å²) < 4.78 is 17.3. The number of nitrogens with zero attached hydrogens (tertiary/aromatic N) is 2. The van der Waals surface area contributed by atoms with Crippen molar-refractivity contribution in [2.45, 2.75) is 19.9 Å². The van der Waals surface area contributed by atoms with Gasteiger partial charge < -0.3 is 13.9 Å². The predicted octanol–water partition coefficient (Wildman–Crippen LogP) is 5.19. The van der Waals surface area contributed by atoms with Crippen LogP contribution in [0.1, 0.15) is 38.9 Å². The summed E-state index contributed by atoms with van der Waals surface area (Å²) in [6.45, 7) is 7.87. The molecule has 0 spiro atoms. The molecule has 5 rings (SSSR count). The number of hydrogen-bond donors (Lipinski definition) is 0. The van der Waals surface area contributed by atoms with E-state index in [1.165, 1.54) is 16.2 Å². The molecular formula is C26H22N2O5S. The summed E-state index contributed by atoms with van der Waals surface area (Å²) in [5, 5.41) is 2.70. The Balaban J connectivity index is 1.76. The van der Waals surface area contributed by atoms with Gasteiger partial charge in [0.05, 0.1) is 24.1 Å². The SMILES string of the molecule is C=CCOc1ccc(C2c3c(oc4cc(C)c(C)cc4c3=O)C(=O)N2c2nccs2)cc1OC. The van der Waals surface area contributed by atoms with Gasteiger partial charge in [0.25, 0.3) is 5.91 Å². The van der Waals surface area contributed by atoms with Crippen molar-refractivity contribution in [3.05, 3.63) is 92.8 Å². The highest BCUT2D eigenvalue weighted by Gasteiger charge is 2.45. The molecule has 3 heterocycles. The molecule has 2 aromatic heterocycles. The second kappa shape index (κ2) is 8.46. The quantitative estimate of drug-likeness (QED) is 0.358. The molecule has 1 amide bonds. The van der Waals surface area contributed by atoms with Crippen LogP contribution in [0.25, 0.3) is 11.0 Å². The number of benzene rings is 2. The zero-order valence-corrected chi connectivity index (χ0v) is 19.8. The van der Waals surface area contributed by atoms with E-state index in [0.29, 0.717) is 39.8 Å². The second-order valence-electron chi connectivity index (χ2n) is 8.01. The van der Waals surface area contributed by atoms with Crippen LogP contribution in [0.4, 0.5) is 5.13 Å². The van der Waals surface area contributed by atoms with Crippen molar-refractivity contribution >= 4 is 33.3 Å². The number of ether oxygens (including phenoxy) is 2. The lowest BCUT2D eigenvalue weighted by Gasteiger charge is -2.23. The number of amides is 1. The third kappa shape index (κ3) is 3.38. The van der Waals surface area contributed by atoms with Gasteiger partial charge in [-0.3, -0.25) is 14.5 Å². The maximum absolute atomic E-state index is 13.8. The van der Waals surface area contributed by atoms with Gasteiger partial charge in [-0.05, 0) is 54.8 Å². The van der Waals surface area contributed by atoms with Crippen molar-refractivity contribution in [2.24, 2.45) is 0 Å². The third-order valence-electron chi connectivity index (χ3n) is 5.97. The first-order valence-corrected chi connectivity index (χ1v) is 11.5. The smallest absolute Gasteiger partial charge is 0.297 e. The fraction of sp³-hybridized carbons (Fsp3) is 0.192. The molecule has 1 unspecified atom stereocenters. The number of anilines is 1. The first-order chi connectivity index (χ1) is 16.4. The highest BCUT2D eigenvalue weighted by atomic mass is 32.1. The van der Waals surface area contributed by atoms with Gasteiger partial charge >= 0.3 is 0 Å². The molecule has 2 aromatic carbocycles. The number of aryl methyl sites for hydroxylation is 2. The number of carbonyl (C=O) groups excluding carboxylic acids is 1. The van der Waals surface area contributed by atoms with Gasteiger partial charge in [-0.15, -0.1) is 11.3 Å². The summed E-state index contributed by atoms with van der Waals surface area (Å²) >= 11 is 1.32. The number of carbonyl (C=O) groups is 1. The minimum Gasteiger partial charge on any atom is -0.493 e. The van der Waals surface area contributed by atoms with Crippen molar-refractivity contribution in [3.63, 3.8) is 0 Å². The van der Waals surface area contributed by atoms with Crippen LogP contribution in [-0.2, 0) is 0 Å². The molecule has 1 aliphatic heterocycles. The van der Waals surface area contributed by atoms with Crippen molar-refractivity contribution in [3.8, 4) is 11.5 Å². The lowest BCUT2D eigenvalue weighted by Crippen LogP contribution is -2.29. The number of fused-ring (bicyclic) bond motifs is 2. The number of aromatic nitrogens is 1. The number of hydrogen-bond acceptors (Lipinski definition) is 7. The van der Waals surface area contributed by atoms with Crippen LogP contribution in [0.5, 0.6) is 11.5 Å². The zero-order valence-electron chi connectivity index (χ0n) is 19.0. The van der Waals surface area contributed by atoms with Gasteiger partial charge in [-0.1, -0.05) is 18.7 Å². The molecule has 0 fully saturated rings. The van der Waals surface area contributed by atoms with Gasteiger partial charge in [0.15, 0.2) is 22.1 Å². The van der Waals surface area contributed by atoms with Gasteiger partial charge in [-0.2, -0.15) is 0 Å². The van der Waals surface area contributed by atoms with E-state index < -0.39 is 11.9 Å². The van der Waals surface area contributed by atoms with Crippen LogP contribution in [0.2, 0.25) is 0 Å². The second-order valence-corrected chi connectivity index (χ2v) is 8.88. The van der Waals surface area contributed by atoms with E-state index in [2.05, 4.69) is 11.6 Å². The molecule has 1 atom stereocenters. The molecule has 8 heteroatoms. The van der Waals surface area contributed by atoms with E-state index in [0.717, 1.165) is 11.1 Å². The fourth-order valence-electron chi connectivity index (χ4n) is 4.20. The predicted molar refractivity (Wildman–Crippen MR) is 131 cm³/mol. The van der Waals surface area contributed by atoms with Crippen LogP contribution < -0.4 is 19.8 Å². The Morgan fingerprint density at radius 2 is 1.97 bits per heavy atom. The standard InChI is InChI=1S/C26H22N2O5S/c1-5-9-32-18-7-6-16(13-20(18)31-4)22-21-23(29)17-11-14(2)15(3)12-19(17)33-24(21)25(30)28(22)26-27-8-10-34-26/h5-8,10-13,22H,1,9H2,2-4H3. The Morgan fingerprint density at radius 1 is 1.18 bits per heavy atom. The van der Waals surface area contributed by atoms with Gasteiger partial charge in [0.2, 0.25) is 5.76 Å². The zero-order chi connectivity index (χ0) is 24.0. The molecule has 4 aromatic rings. The van der Waals surface area contributed by atoms with Crippen LogP contribution in [0.15, 0.2) is 63.8 Å². The average molecular weight is 475 g/mol. The Labute approximate surface area is 199 Å². The molecule has 172 valence electrons. The Hall–Kier alpha value is -3.91. The summed E-state index contributed by atoms with van der Waals surface area (Å²) in [6, 6.07) is 8.25. The highest BCUT2D eigenvalue weighted by Crippen LogP contribution is 2.43. The summed E-state index contributed by atoms with van der Waals surface area (Å²) in [7, 11) is 1.54. The maximum atomic E-state index is 13.8. The van der Waals surface area contributed by atoms with Crippen molar-refractivity contribution in [2.75, 3.05) is 18.6 Å². The van der Waals surface area contributed by atoms with Crippen LogP contribution in [-0.4, -0.2) is 24.6 Å². The molecule has 7 nitrogen and oxygen atoms in total. The lowest BCUT2D eigenvalue weighted by atomic mass is 9.97. The summed E-state index contributed by atoms with van der Waals surface area (Å²) in [6.07, 6.45) is 3.27. The summed E-state index contributed by atoms with van der Waals surface area (Å²) in [5.74, 6) is 0.647. The number of thiazole rings is 1. The molecule has 0 saturated carbocycles. The van der Waals surface area contributed by atoms with Crippen molar-refractivity contribution < 1.29 is 18.7 Å². The fourth-order valence-corrected chi connectivity index (χ4v) is 4.86. The van der Waals surface area contributed by atoms with Crippen LogP contribution in [0, 0.1) is 13.8 Å². The van der Waals surface area contributed by atoms with Gasteiger partial charge in [0.1, 0.15) is 12.2 Å². The molecule has 0 radical (unpaired) electrons. The summed E-state index contributed by atoms with van der Waals surface area (Å²) in [5.41, 5.74) is 3.09. The largest absolute Gasteiger partial charge is 0.493 e. The summed E-state index contributed by atoms with van der Waals surface area (Å²) in [4.78, 5) is 33.2. The first-order valence-electron chi connectivity index (χ1n) is 10.7. The monoisotopic (exact) mass is 474 g/mol. The minimum absolute atomic E-state index is 0.0342. The van der Waals surface area contributed by atoms with E-state index in [1.807, 2.05) is 26.0 Å². The molecule has 34 heavy (non-hydrogen) atoms. The first kappa shape index (κ1) is 21.9. The highest BCUT2D eigenvalue weighted by molar-refractivity contribution is 7.13. The Morgan fingerprint density at radius 3 is 2.68 bits per heavy atom. The van der Waals surface area contributed by atoms with E-state index in [-0.39, 0.29) is 16.8 Å². The Kier molecular flexibility index (Phi) is 5.45. The Bertz CT molecular complexity index is 1490. The molecule has 0 N–H and O–H groups in total. The topological polar surface area (TPSA) is 81.9 Å². The van der Waals surface area contributed by atoms with Gasteiger partial charge in [-0.25, -0.2) is 4.98 Å².